The fourth-order valence-electron chi connectivity index (χ4n) is 4.32. The fourth-order valence-corrected chi connectivity index (χ4v) is 4.32. The van der Waals surface area contributed by atoms with Crippen LogP contribution in [0.4, 0.5) is 0 Å². The van der Waals surface area contributed by atoms with Crippen LogP contribution in [-0.2, 0) is 11.3 Å². The molecule has 3 fully saturated rings. The smallest absolute Gasteiger partial charge is 0.219 e. The molecule has 5 heteroatoms. The standard InChI is InChI=1S/C21H28N4O/c1-15-4-6-20(8-16(15)2)25-13-19(9-22-25)12-24-11-18-5-7-21(24)14-23(10-18)17(3)26/h4,6,8-9,13,18,21H,5,7,10-12,14H2,1-3H3/t18-,21+/m0/s1. The molecule has 0 spiro atoms. The molecule has 3 saturated heterocycles. The molecule has 2 aromatic rings. The summed E-state index contributed by atoms with van der Waals surface area (Å²) in [7, 11) is 0. The average molecular weight is 352 g/mol. The van der Waals surface area contributed by atoms with Crippen LogP contribution in [0.3, 0.4) is 0 Å². The number of aryl methyl sites for hydroxylation is 2. The first kappa shape index (κ1) is 17.3. The van der Waals surface area contributed by atoms with E-state index in [0.29, 0.717) is 12.0 Å². The maximum Gasteiger partial charge on any atom is 0.219 e. The molecule has 0 aliphatic carbocycles. The molecule has 0 saturated carbocycles. The lowest BCUT2D eigenvalue weighted by atomic mass is 9.95. The Bertz CT molecular complexity index is 812. The third-order valence-corrected chi connectivity index (χ3v) is 6.05. The first-order chi connectivity index (χ1) is 12.5. The normalized spacial score (nSPS) is 23.3. The molecule has 26 heavy (non-hydrogen) atoms. The average Bonchev–Trinajstić information content (AvgIpc) is 2.87. The van der Waals surface area contributed by atoms with Crippen LogP contribution in [0.25, 0.3) is 5.69 Å². The highest BCUT2D eigenvalue weighted by Crippen LogP contribution is 2.29. The van der Waals surface area contributed by atoms with Gasteiger partial charge in [-0.15, -0.1) is 0 Å². The second-order valence-electron chi connectivity index (χ2n) is 8.01. The van der Waals surface area contributed by atoms with Crippen molar-refractivity contribution in [1.82, 2.24) is 19.6 Å². The zero-order valence-electron chi connectivity index (χ0n) is 16.0. The molecule has 1 aromatic heterocycles. The van der Waals surface area contributed by atoms with Gasteiger partial charge in [0.2, 0.25) is 5.91 Å². The molecule has 1 aromatic carbocycles. The number of carbonyl (C=O) groups is 1. The van der Waals surface area contributed by atoms with Gasteiger partial charge in [-0.1, -0.05) is 6.07 Å². The Morgan fingerprint density at radius 1 is 1.15 bits per heavy atom. The Hall–Kier alpha value is -2.14. The summed E-state index contributed by atoms with van der Waals surface area (Å²) < 4.78 is 1.97. The molecule has 0 N–H and O–H groups in total. The lowest BCUT2D eigenvalue weighted by Crippen LogP contribution is -2.43. The summed E-state index contributed by atoms with van der Waals surface area (Å²) in [4.78, 5) is 16.4. The van der Waals surface area contributed by atoms with Crippen LogP contribution in [0.15, 0.2) is 30.6 Å². The second kappa shape index (κ2) is 6.88. The quantitative estimate of drug-likeness (QED) is 0.853. The number of piperidine rings is 1. The van der Waals surface area contributed by atoms with E-state index in [0.717, 1.165) is 31.9 Å². The van der Waals surface area contributed by atoms with Gasteiger partial charge in [-0.2, -0.15) is 5.10 Å². The SMILES string of the molecule is CC(=O)N1C[C@@H]2CC[C@H](C1)N(Cc1cnn(-c3ccc(C)c(C)c3)c1)C2. The Morgan fingerprint density at radius 3 is 2.77 bits per heavy atom. The third kappa shape index (κ3) is 3.40. The van der Waals surface area contributed by atoms with Gasteiger partial charge in [-0.05, 0) is 55.9 Å². The van der Waals surface area contributed by atoms with E-state index >= 15 is 0 Å². The first-order valence-corrected chi connectivity index (χ1v) is 9.60. The predicted molar refractivity (Wildman–Crippen MR) is 102 cm³/mol. The first-order valence-electron chi connectivity index (χ1n) is 9.60. The van der Waals surface area contributed by atoms with Crippen LogP contribution in [0.1, 0.15) is 36.5 Å². The Kier molecular flexibility index (Phi) is 4.57. The van der Waals surface area contributed by atoms with E-state index in [2.05, 4.69) is 48.2 Å². The summed E-state index contributed by atoms with van der Waals surface area (Å²) in [5.74, 6) is 0.818. The zero-order chi connectivity index (χ0) is 18.3. The highest BCUT2D eigenvalue weighted by Gasteiger charge is 2.35. The molecule has 0 unspecified atom stereocenters. The van der Waals surface area contributed by atoms with Gasteiger partial charge in [-0.3, -0.25) is 9.69 Å². The molecule has 2 atom stereocenters. The molecule has 2 bridgehead atoms. The monoisotopic (exact) mass is 352 g/mol. The molecule has 5 rings (SSSR count). The summed E-state index contributed by atoms with van der Waals surface area (Å²) in [6.07, 6.45) is 6.56. The summed E-state index contributed by atoms with van der Waals surface area (Å²) >= 11 is 0. The lowest BCUT2D eigenvalue weighted by Gasteiger charge is -2.35. The van der Waals surface area contributed by atoms with Crippen LogP contribution in [0, 0.1) is 19.8 Å². The molecular weight excluding hydrogens is 324 g/mol. The van der Waals surface area contributed by atoms with Crippen molar-refractivity contribution in [1.29, 1.82) is 0 Å². The lowest BCUT2D eigenvalue weighted by molar-refractivity contribution is -0.129. The van der Waals surface area contributed by atoms with Gasteiger partial charge in [0.1, 0.15) is 0 Å². The fraction of sp³-hybridized carbons (Fsp3) is 0.524. The number of benzene rings is 1. The van der Waals surface area contributed by atoms with Crippen molar-refractivity contribution in [3.05, 3.63) is 47.3 Å². The van der Waals surface area contributed by atoms with Crippen LogP contribution >= 0.6 is 0 Å². The summed E-state index contributed by atoms with van der Waals surface area (Å²) in [6, 6.07) is 6.93. The van der Waals surface area contributed by atoms with Crippen molar-refractivity contribution in [3.63, 3.8) is 0 Å². The number of carbonyl (C=O) groups excluding carboxylic acids is 1. The largest absolute Gasteiger partial charge is 0.341 e. The van der Waals surface area contributed by atoms with E-state index in [1.54, 1.807) is 6.92 Å². The van der Waals surface area contributed by atoms with E-state index in [1.807, 2.05) is 15.8 Å². The van der Waals surface area contributed by atoms with E-state index in [4.69, 9.17) is 0 Å². The van der Waals surface area contributed by atoms with Crippen molar-refractivity contribution < 1.29 is 4.79 Å². The number of hydrogen-bond acceptors (Lipinski definition) is 3. The van der Waals surface area contributed by atoms with E-state index in [1.165, 1.54) is 29.5 Å². The Balaban J connectivity index is 1.49. The van der Waals surface area contributed by atoms with Crippen LogP contribution in [0.5, 0.6) is 0 Å². The minimum absolute atomic E-state index is 0.214. The topological polar surface area (TPSA) is 41.4 Å². The maximum atomic E-state index is 11.8. The summed E-state index contributed by atoms with van der Waals surface area (Å²) in [6.45, 7) is 9.76. The van der Waals surface area contributed by atoms with Gasteiger partial charge in [0.05, 0.1) is 11.9 Å². The highest BCUT2D eigenvalue weighted by atomic mass is 16.2. The van der Waals surface area contributed by atoms with Crippen molar-refractivity contribution in [3.8, 4) is 5.69 Å². The second-order valence-corrected chi connectivity index (χ2v) is 8.01. The Morgan fingerprint density at radius 2 is 2.00 bits per heavy atom. The molecule has 3 aliphatic rings. The minimum Gasteiger partial charge on any atom is -0.341 e. The Labute approximate surface area is 155 Å². The van der Waals surface area contributed by atoms with Crippen LogP contribution < -0.4 is 0 Å². The number of nitrogens with zero attached hydrogens (tertiary/aromatic N) is 4. The molecular formula is C21H28N4O. The number of fused-ring (bicyclic) bond motifs is 4. The van der Waals surface area contributed by atoms with Gasteiger partial charge in [-0.25, -0.2) is 4.68 Å². The van der Waals surface area contributed by atoms with Crippen molar-refractivity contribution in [2.75, 3.05) is 19.6 Å². The minimum atomic E-state index is 0.214. The summed E-state index contributed by atoms with van der Waals surface area (Å²) in [5, 5.41) is 4.58. The van der Waals surface area contributed by atoms with Gasteiger partial charge in [0.15, 0.2) is 0 Å². The molecule has 4 heterocycles. The third-order valence-electron chi connectivity index (χ3n) is 6.05. The van der Waals surface area contributed by atoms with E-state index in [-0.39, 0.29) is 5.91 Å². The van der Waals surface area contributed by atoms with Crippen molar-refractivity contribution >= 4 is 5.91 Å². The van der Waals surface area contributed by atoms with E-state index < -0.39 is 0 Å². The predicted octanol–water partition coefficient (Wildman–Crippen LogP) is 2.93. The van der Waals surface area contributed by atoms with Gasteiger partial charge in [0, 0.05) is 50.9 Å². The molecule has 1 amide bonds. The van der Waals surface area contributed by atoms with Crippen molar-refractivity contribution in [2.24, 2.45) is 5.92 Å². The molecule has 5 nitrogen and oxygen atoms in total. The molecule has 3 aliphatic heterocycles. The van der Waals surface area contributed by atoms with Gasteiger partial charge < -0.3 is 4.90 Å². The number of rotatable bonds is 3. The van der Waals surface area contributed by atoms with Crippen molar-refractivity contribution in [2.45, 2.75) is 46.2 Å². The summed E-state index contributed by atoms with van der Waals surface area (Å²) in [5.41, 5.74) is 4.94. The maximum absolute atomic E-state index is 11.8. The van der Waals surface area contributed by atoms with Gasteiger partial charge >= 0.3 is 0 Å². The highest BCUT2D eigenvalue weighted by molar-refractivity contribution is 5.73. The molecule has 0 radical (unpaired) electrons. The van der Waals surface area contributed by atoms with Crippen LogP contribution in [0.2, 0.25) is 0 Å². The number of hydrogen-bond donors (Lipinski definition) is 0. The van der Waals surface area contributed by atoms with E-state index in [9.17, 15) is 4.79 Å². The van der Waals surface area contributed by atoms with Gasteiger partial charge in [0.25, 0.3) is 0 Å². The molecule has 138 valence electrons. The number of aromatic nitrogens is 2. The number of amides is 1. The van der Waals surface area contributed by atoms with Crippen LogP contribution in [-0.4, -0.2) is 51.2 Å². The zero-order valence-corrected chi connectivity index (χ0v) is 16.0.